The SMILES string of the molecule is O=C(O)/C=C/C(=O)O.[Ni]. The molecule has 0 aromatic heterocycles. The van der Waals surface area contributed by atoms with Gasteiger partial charge >= 0.3 is 11.9 Å². The van der Waals surface area contributed by atoms with Crippen molar-refractivity contribution in [2.75, 3.05) is 0 Å². The molecule has 0 rings (SSSR count). The second-order valence-corrected chi connectivity index (χ2v) is 1.01. The van der Waals surface area contributed by atoms with Crippen LogP contribution in [0.5, 0.6) is 0 Å². The topological polar surface area (TPSA) is 74.6 Å². The van der Waals surface area contributed by atoms with Crippen LogP contribution in [0.15, 0.2) is 12.2 Å². The Balaban J connectivity index is 0. The van der Waals surface area contributed by atoms with Crippen LogP contribution in [-0.2, 0) is 26.1 Å². The van der Waals surface area contributed by atoms with Crippen LogP contribution in [0.1, 0.15) is 0 Å². The van der Waals surface area contributed by atoms with Gasteiger partial charge in [-0.25, -0.2) is 9.59 Å². The molecule has 0 atom stereocenters. The molecule has 0 aliphatic carbocycles. The number of aliphatic carboxylic acids is 2. The first-order valence-corrected chi connectivity index (χ1v) is 1.77. The molecular weight excluding hydrogens is 171 g/mol. The molecule has 0 unspecified atom stereocenters. The normalized spacial score (nSPS) is 8.44. The van der Waals surface area contributed by atoms with Crippen molar-refractivity contribution < 1.29 is 36.3 Å². The van der Waals surface area contributed by atoms with Crippen molar-refractivity contribution in [3.63, 3.8) is 0 Å². The molecule has 0 aliphatic heterocycles. The van der Waals surface area contributed by atoms with Crippen molar-refractivity contribution in [2.24, 2.45) is 0 Å². The Hall–Kier alpha value is -0.826. The number of carbonyl (C=O) groups is 2. The fourth-order valence-corrected chi connectivity index (χ4v) is 0.143. The largest absolute Gasteiger partial charge is 0.478 e. The number of rotatable bonds is 2. The molecule has 0 saturated carbocycles. The summed E-state index contributed by atoms with van der Waals surface area (Å²) in [6.07, 6.45) is 1.12. The summed E-state index contributed by atoms with van der Waals surface area (Å²) in [7, 11) is 0. The van der Waals surface area contributed by atoms with Gasteiger partial charge in [0, 0.05) is 28.6 Å². The van der Waals surface area contributed by atoms with Gasteiger partial charge in [0.1, 0.15) is 0 Å². The predicted molar refractivity (Wildman–Crippen MR) is 24.4 cm³/mol. The van der Waals surface area contributed by atoms with Gasteiger partial charge < -0.3 is 10.2 Å². The zero-order valence-electron chi connectivity index (χ0n) is 4.18. The maximum Gasteiger partial charge on any atom is 0.328 e. The molecule has 0 spiro atoms. The standard InChI is InChI=1S/C4H4O4.Ni/c5-3(6)1-2-4(7)8;/h1-2H,(H,5,6)(H,7,8);/b2-1+;. The monoisotopic (exact) mass is 174 g/mol. The number of hydrogen-bond donors (Lipinski definition) is 2. The molecule has 0 aromatic carbocycles. The van der Waals surface area contributed by atoms with E-state index in [4.69, 9.17) is 10.2 Å². The summed E-state index contributed by atoms with van der Waals surface area (Å²) in [5.41, 5.74) is 0. The molecule has 0 saturated heterocycles. The smallest absolute Gasteiger partial charge is 0.328 e. The third kappa shape index (κ3) is 11.0. The van der Waals surface area contributed by atoms with Crippen molar-refractivity contribution >= 4 is 11.9 Å². The Bertz CT molecular complexity index is 124. The van der Waals surface area contributed by atoms with E-state index >= 15 is 0 Å². The maximum atomic E-state index is 9.55. The van der Waals surface area contributed by atoms with Gasteiger partial charge in [0.15, 0.2) is 0 Å². The van der Waals surface area contributed by atoms with Gasteiger partial charge in [-0.3, -0.25) is 0 Å². The number of carboxylic acids is 2. The first kappa shape index (κ1) is 11.0. The fraction of sp³-hybridized carbons (Fsp3) is 0. The fourth-order valence-electron chi connectivity index (χ4n) is 0.143. The van der Waals surface area contributed by atoms with E-state index in [9.17, 15) is 9.59 Å². The minimum atomic E-state index is -1.26. The van der Waals surface area contributed by atoms with Crippen molar-refractivity contribution in [1.82, 2.24) is 0 Å². The second kappa shape index (κ2) is 5.31. The van der Waals surface area contributed by atoms with Crippen LogP contribution < -0.4 is 0 Å². The summed E-state index contributed by atoms with van der Waals surface area (Å²) in [5, 5.41) is 15.6. The van der Waals surface area contributed by atoms with Crippen LogP contribution in [0.2, 0.25) is 0 Å². The quantitative estimate of drug-likeness (QED) is 0.446. The zero-order chi connectivity index (χ0) is 6.57. The van der Waals surface area contributed by atoms with E-state index in [1.807, 2.05) is 0 Å². The average Bonchev–Trinajstić information content (AvgIpc) is 1.61. The minimum Gasteiger partial charge on any atom is -0.478 e. The molecule has 0 heterocycles. The summed E-state index contributed by atoms with van der Waals surface area (Å²) >= 11 is 0. The maximum absolute atomic E-state index is 9.55. The summed E-state index contributed by atoms with van der Waals surface area (Å²) in [6.45, 7) is 0. The van der Waals surface area contributed by atoms with Gasteiger partial charge in [-0.15, -0.1) is 0 Å². The molecule has 0 amide bonds. The van der Waals surface area contributed by atoms with Crippen molar-refractivity contribution in [2.45, 2.75) is 0 Å². The summed E-state index contributed by atoms with van der Waals surface area (Å²) in [6, 6.07) is 0. The van der Waals surface area contributed by atoms with Gasteiger partial charge in [-0.1, -0.05) is 0 Å². The van der Waals surface area contributed by atoms with Gasteiger partial charge in [0.2, 0.25) is 0 Å². The Labute approximate surface area is 61.1 Å². The van der Waals surface area contributed by atoms with Crippen molar-refractivity contribution in [1.29, 1.82) is 0 Å². The first-order chi connectivity index (χ1) is 3.63. The predicted octanol–water partition coefficient (Wildman–Crippen LogP) is -0.291. The second-order valence-electron chi connectivity index (χ2n) is 1.01. The summed E-state index contributed by atoms with van der Waals surface area (Å²) in [4.78, 5) is 19.1. The molecule has 0 fully saturated rings. The molecule has 9 heavy (non-hydrogen) atoms. The van der Waals surface area contributed by atoms with Crippen molar-refractivity contribution in [3.05, 3.63) is 12.2 Å². The number of carboxylic acid groups (broad SMARTS) is 2. The molecule has 4 nitrogen and oxygen atoms in total. The van der Waals surface area contributed by atoms with Crippen molar-refractivity contribution in [3.8, 4) is 0 Å². The Kier molecular flexibility index (Phi) is 6.51. The molecular formula is C4H4NiO4. The molecule has 2 N–H and O–H groups in total. The van der Waals surface area contributed by atoms with Crippen LogP contribution in [0.25, 0.3) is 0 Å². The molecule has 54 valence electrons. The van der Waals surface area contributed by atoms with Gasteiger partial charge in [-0.05, 0) is 0 Å². The van der Waals surface area contributed by atoms with E-state index in [1.165, 1.54) is 0 Å². The molecule has 0 bridgehead atoms. The molecule has 0 aliphatic rings. The first-order valence-electron chi connectivity index (χ1n) is 1.77. The average molecular weight is 175 g/mol. The van der Waals surface area contributed by atoms with Crippen LogP contribution in [0.3, 0.4) is 0 Å². The van der Waals surface area contributed by atoms with Crippen LogP contribution in [0.4, 0.5) is 0 Å². The van der Waals surface area contributed by atoms with E-state index in [2.05, 4.69) is 0 Å². The van der Waals surface area contributed by atoms with Gasteiger partial charge in [-0.2, -0.15) is 0 Å². The molecule has 0 radical (unpaired) electrons. The molecule has 0 aromatic rings. The third-order valence-electron chi connectivity index (χ3n) is 0.368. The van der Waals surface area contributed by atoms with E-state index in [-0.39, 0.29) is 16.5 Å². The van der Waals surface area contributed by atoms with Crippen LogP contribution >= 0.6 is 0 Å². The summed E-state index contributed by atoms with van der Waals surface area (Å²) < 4.78 is 0. The van der Waals surface area contributed by atoms with E-state index in [1.54, 1.807) is 0 Å². The number of hydrogen-bond acceptors (Lipinski definition) is 2. The molecule has 5 heteroatoms. The minimum absolute atomic E-state index is 0. The van der Waals surface area contributed by atoms with Crippen LogP contribution in [0, 0.1) is 0 Å². The Morgan fingerprint density at radius 2 is 1.22 bits per heavy atom. The summed E-state index contributed by atoms with van der Waals surface area (Å²) in [5.74, 6) is -2.51. The Morgan fingerprint density at radius 3 is 1.33 bits per heavy atom. The van der Waals surface area contributed by atoms with Gasteiger partial charge in [0.05, 0.1) is 0 Å². The Morgan fingerprint density at radius 1 is 1.00 bits per heavy atom. The zero-order valence-corrected chi connectivity index (χ0v) is 5.17. The van der Waals surface area contributed by atoms with E-state index in [0.717, 1.165) is 0 Å². The third-order valence-corrected chi connectivity index (χ3v) is 0.368. The van der Waals surface area contributed by atoms with Gasteiger partial charge in [0.25, 0.3) is 0 Å². The van der Waals surface area contributed by atoms with E-state index < -0.39 is 11.9 Å². The van der Waals surface area contributed by atoms with Crippen LogP contribution in [-0.4, -0.2) is 22.2 Å². The van der Waals surface area contributed by atoms with E-state index in [0.29, 0.717) is 12.2 Å².